The number of ether oxygens (including phenoxy) is 3. The molecule has 0 saturated carbocycles. The quantitative estimate of drug-likeness (QED) is 0.279. The molecule has 0 unspecified atom stereocenters. The molecule has 4 heteroatoms. The molecule has 0 spiro atoms. The van der Waals surface area contributed by atoms with E-state index < -0.39 is 0 Å². The minimum absolute atomic E-state index is 0.119. The molecule has 30 heavy (non-hydrogen) atoms. The van der Waals surface area contributed by atoms with E-state index in [4.69, 9.17) is 14.2 Å². The molecule has 0 aliphatic rings. The van der Waals surface area contributed by atoms with Gasteiger partial charge in [0.25, 0.3) is 0 Å². The van der Waals surface area contributed by atoms with Gasteiger partial charge in [0, 0.05) is 5.56 Å². The fraction of sp³-hybridized carbons (Fsp3) is 0.423. The van der Waals surface area contributed by atoms with Crippen molar-refractivity contribution in [2.24, 2.45) is 0 Å². The van der Waals surface area contributed by atoms with E-state index in [1.807, 2.05) is 31.2 Å². The van der Waals surface area contributed by atoms with Crippen molar-refractivity contribution >= 4 is 11.9 Å². The number of rotatable bonds is 13. The summed E-state index contributed by atoms with van der Waals surface area (Å²) in [6.07, 6.45) is 7.06. The van der Waals surface area contributed by atoms with Crippen LogP contribution < -0.4 is 14.2 Å². The monoisotopic (exact) mass is 410 g/mol. The van der Waals surface area contributed by atoms with Crippen LogP contribution in [0.1, 0.15) is 68.4 Å². The summed E-state index contributed by atoms with van der Waals surface area (Å²) in [4.78, 5) is 13.0. The van der Waals surface area contributed by atoms with Crippen molar-refractivity contribution in [1.82, 2.24) is 0 Å². The van der Waals surface area contributed by atoms with Crippen molar-refractivity contribution < 1.29 is 19.0 Å². The molecule has 0 aromatic heterocycles. The van der Waals surface area contributed by atoms with Gasteiger partial charge in [0.2, 0.25) is 0 Å². The molecule has 0 saturated heterocycles. The lowest BCUT2D eigenvalue weighted by Crippen LogP contribution is -2.04. The highest BCUT2D eigenvalue weighted by Gasteiger charge is 2.13. The summed E-state index contributed by atoms with van der Waals surface area (Å²) in [5.41, 5.74) is 2.62. The number of carbonyl (C=O) groups excluding carboxylic acids is 1. The second-order valence-corrected chi connectivity index (χ2v) is 7.13. The van der Waals surface area contributed by atoms with Gasteiger partial charge in [0.05, 0.1) is 25.4 Å². The smallest absolute Gasteiger partial charge is 0.189 e. The average Bonchev–Trinajstić information content (AvgIpc) is 2.78. The van der Waals surface area contributed by atoms with Gasteiger partial charge in [0.15, 0.2) is 5.78 Å². The average molecular weight is 411 g/mol. The highest BCUT2D eigenvalue weighted by Crippen LogP contribution is 2.27. The highest BCUT2D eigenvalue weighted by atomic mass is 16.5. The maximum atomic E-state index is 13.0. The molecule has 0 bridgehead atoms. The Morgan fingerprint density at radius 3 is 2.10 bits per heavy atom. The Morgan fingerprint density at radius 2 is 1.43 bits per heavy atom. The van der Waals surface area contributed by atoms with E-state index in [-0.39, 0.29) is 5.78 Å². The molecule has 2 aromatic carbocycles. The Kier molecular flexibility index (Phi) is 9.99. The molecule has 0 aliphatic carbocycles. The molecule has 4 nitrogen and oxygen atoms in total. The first kappa shape index (κ1) is 23.5. The van der Waals surface area contributed by atoms with Crippen LogP contribution in [0, 0.1) is 0 Å². The van der Waals surface area contributed by atoms with Crippen molar-refractivity contribution in [3.63, 3.8) is 0 Å². The van der Waals surface area contributed by atoms with Gasteiger partial charge < -0.3 is 14.2 Å². The standard InChI is InChI=1S/C26H34O4/c1-5-15-28-22-11-14-26(30-17-7-3)23(19-22)24(27)12-10-21-18-20(8-4)9-13-25(21)29-16-6-2/h9-14,18-19H,5-8,15-17H2,1-4H3/b12-10+. The molecule has 0 fully saturated rings. The molecule has 0 aliphatic heterocycles. The van der Waals surface area contributed by atoms with Gasteiger partial charge in [-0.1, -0.05) is 33.8 Å². The highest BCUT2D eigenvalue weighted by molar-refractivity contribution is 6.09. The first-order valence-corrected chi connectivity index (χ1v) is 11.0. The van der Waals surface area contributed by atoms with Crippen LogP contribution in [0.3, 0.4) is 0 Å². The van der Waals surface area contributed by atoms with Crippen LogP contribution >= 0.6 is 0 Å². The lowest BCUT2D eigenvalue weighted by molar-refractivity contribution is 0.104. The molecule has 0 heterocycles. The molecular weight excluding hydrogens is 376 g/mol. The van der Waals surface area contributed by atoms with E-state index in [2.05, 4.69) is 32.9 Å². The molecular formula is C26H34O4. The number of hydrogen-bond donors (Lipinski definition) is 0. The topological polar surface area (TPSA) is 44.8 Å². The summed E-state index contributed by atoms with van der Waals surface area (Å²) in [6, 6.07) is 11.6. The van der Waals surface area contributed by atoms with E-state index in [0.29, 0.717) is 36.9 Å². The zero-order chi connectivity index (χ0) is 21.8. The predicted molar refractivity (Wildman–Crippen MR) is 123 cm³/mol. The second-order valence-electron chi connectivity index (χ2n) is 7.13. The minimum Gasteiger partial charge on any atom is -0.494 e. The fourth-order valence-electron chi connectivity index (χ4n) is 2.90. The number of ketones is 1. The Balaban J connectivity index is 2.31. The zero-order valence-corrected chi connectivity index (χ0v) is 18.7. The summed E-state index contributed by atoms with van der Waals surface area (Å²) in [5.74, 6) is 1.93. The Morgan fingerprint density at radius 1 is 0.800 bits per heavy atom. The van der Waals surface area contributed by atoms with Gasteiger partial charge in [-0.2, -0.15) is 0 Å². The molecule has 0 atom stereocenters. The van der Waals surface area contributed by atoms with E-state index in [1.165, 1.54) is 5.56 Å². The third-order valence-electron chi connectivity index (χ3n) is 4.51. The SMILES string of the molecule is CCCOc1ccc(OCCC)c(C(=O)/C=C/c2cc(CC)ccc2OCCC)c1. The Hall–Kier alpha value is -2.75. The Bertz CT molecular complexity index is 839. The lowest BCUT2D eigenvalue weighted by Gasteiger charge is -2.12. The maximum absolute atomic E-state index is 13.0. The first-order chi connectivity index (χ1) is 14.6. The van der Waals surface area contributed by atoms with Crippen LogP contribution in [0.4, 0.5) is 0 Å². The minimum atomic E-state index is -0.119. The predicted octanol–water partition coefficient (Wildman–Crippen LogP) is 6.51. The molecule has 2 aromatic rings. The van der Waals surface area contributed by atoms with Crippen LogP contribution in [-0.2, 0) is 6.42 Å². The van der Waals surface area contributed by atoms with Gasteiger partial charge >= 0.3 is 0 Å². The summed E-state index contributed by atoms with van der Waals surface area (Å²) < 4.78 is 17.4. The third kappa shape index (κ3) is 6.94. The van der Waals surface area contributed by atoms with Crippen LogP contribution in [-0.4, -0.2) is 25.6 Å². The van der Waals surface area contributed by atoms with Gasteiger partial charge in [-0.25, -0.2) is 0 Å². The molecule has 2 rings (SSSR count). The van der Waals surface area contributed by atoms with Gasteiger partial charge in [-0.15, -0.1) is 0 Å². The molecule has 0 amide bonds. The van der Waals surface area contributed by atoms with Crippen LogP contribution in [0.2, 0.25) is 0 Å². The van der Waals surface area contributed by atoms with Crippen molar-refractivity contribution in [2.75, 3.05) is 19.8 Å². The lowest BCUT2D eigenvalue weighted by atomic mass is 10.0. The van der Waals surface area contributed by atoms with Gasteiger partial charge in [-0.3, -0.25) is 4.79 Å². The fourth-order valence-corrected chi connectivity index (χ4v) is 2.90. The van der Waals surface area contributed by atoms with Gasteiger partial charge in [-0.05, 0) is 73.7 Å². The maximum Gasteiger partial charge on any atom is 0.189 e. The first-order valence-electron chi connectivity index (χ1n) is 11.0. The number of hydrogen-bond acceptors (Lipinski definition) is 4. The third-order valence-corrected chi connectivity index (χ3v) is 4.51. The van der Waals surface area contributed by atoms with E-state index in [9.17, 15) is 4.79 Å². The van der Waals surface area contributed by atoms with Crippen LogP contribution in [0.25, 0.3) is 6.08 Å². The largest absolute Gasteiger partial charge is 0.494 e. The second kappa shape index (κ2) is 12.7. The number of benzene rings is 2. The van der Waals surface area contributed by atoms with Gasteiger partial charge in [0.1, 0.15) is 17.2 Å². The van der Waals surface area contributed by atoms with Crippen molar-refractivity contribution in [3.05, 3.63) is 59.2 Å². The number of carbonyl (C=O) groups is 1. The molecule has 0 N–H and O–H groups in total. The molecule has 0 radical (unpaired) electrons. The summed E-state index contributed by atoms with van der Waals surface area (Å²) >= 11 is 0. The molecule has 162 valence electrons. The summed E-state index contributed by atoms with van der Waals surface area (Å²) in [6.45, 7) is 10.1. The normalized spacial score (nSPS) is 10.9. The van der Waals surface area contributed by atoms with Crippen molar-refractivity contribution in [3.8, 4) is 17.2 Å². The van der Waals surface area contributed by atoms with Crippen LogP contribution in [0.15, 0.2) is 42.5 Å². The number of aryl methyl sites for hydroxylation is 1. The van der Waals surface area contributed by atoms with Crippen molar-refractivity contribution in [2.45, 2.75) is 53.4 Å². The van der Waals surface area contributed by atoms with E-state index in [0.717, 1.165) is 37.0 Å². The van der Waals surface area contributed by atoms with E-state index >= 15 is 0 Å². The van der Waals surface area contributed by atoms with Crippen molar-refractivity contribution in [1.29, 1.82) is 0 Å². The van der Waals surface area contributed by atoms with E-state index in [1.54, 1.807) is 12.1 Å². The number of allylic oxidation sites excluding steroid dienone is 1. The Labute approximate surface area is 180 Å². The summed E-state index contributed by atoms with van der Waals surface area (Å²) in [7, 11) is 0. The van der Waals surface area contributed by atoms with Crippen LogP contribution in [0.5, 0.6) is 17.2 Å². The zero-order valence-electron chi connectivity index (χ0n) is 18.7. The summed E-state index contributed by atoms with van der Waals surface area (Å²) in [5, 5.41) is 0.